The first kappa shape index (κ1) is 15.6. The predicted octanol–water partition coefficient (Wildman–Crippen LogP) is 2.20. The quantitative estimate of drug-likeness (QED) is 0.802. The smallest absolute Gasteiger partial charge is 0.337 e. The maximum Gasteiger partial charge on any atom is 0.337 e. The Morgan fingerprint density at radius 2 is 1.68 bits per heavy atom. The molecule has 2 aromatic carbocycles. The van der Waals surface area contributed by atoms with Gasteiger partial charge in [-0.25, -0.2) is 4.79 Å². The van der Waals surface area contributed by atoms with Crippen molar-refractivity contribution in [3.8, 4) is 0 Å². The van der Waals surface area contributed by atoms with Crippen molar-refractivity contribution in [3.63, 3.8) is 0 Å². The van der Waals surface area contributed by atoms with Gasteiger partial charge in [0, 0.05) is 12.2 Å². The van der Waals surface area contributed by atoms with Crippen LogP contribution in [-0.2, 0) is 16.1 Å². The van der Waals surface area contributed by atoms with Gasteiger partial charge in [0.15, 0.2) is 0 Å². The van der Waals surface area contributed by atoms with Crippen molar-refractivity contribution in [2.24, 2.45) is 0 Å². The van der Waals surface area contributed by atoms with Crippen molar-refractivity contribution in [2.75, 3.05) is 19.0 Å². The molecule has 0 radical (unpaired) electrons. The Labute approximate surface area is 129 Å². The van der Waals surface area contributed by atoms with Gasteiger partial charge >= 0.3 is 5.97 Å². The molecule has 0 aliphatic heterocycles. The number of amides is 1. The minimum atomic E-state index is -0.382. The van der Waals surface area contributed by atoms with Crippen molar-refractivity contribution >= 4 is 17.6 Å². The number of ether oxygens (including phenoxy) is 1. The maximum atomic E-state index is 11.8. The number of carbonyl (C=O) groups is 2. The number of hydrogen-bond acceptors (Lipinski definition) is 4. The summed E-state index contributed by atoms with van der Waals surface area (Å²) in [5, 5.41) is 5.83. The molecule has 0 aliphatic carbocycles. The van der Waals surface area contributed by atoms with Gasteiger partial charge in [0.2, 0.25) is 5.91 Å². The van der Waals surface area contributed by atoms with Crippen molar-refractivity contribution in [3.05, 3.63) is 65.7 Å². The van der Waals surface area contributed by atoms with E-state index in [1.165, 1.54) is 7.11 Å². The van der Waals surface area contributed by atoms with E-state index in [0.29, 0.717) is 12.1 Å². The molecule has 22 heavy (non-hydrogen) atoms. The molecule has 0 saturated heterocycles. The SMILES string of the molecule is COC(=O)c1ccc(NCC(=O)NCc2ccccc2)cc1. The molecule has 0 fully saturated rings. The maximum absolute atomic E-state index is 11.8. The zero-order valence-corrected chi connectivity index (χ0v) is 12.3. The average molecular weight is 298 g/mol. The summed E-state index contributed by atoms with van der Waals surface area (Å²) in [5.74, 6) is -0.479. The summed E-state index contributed by atoms with van der Waals surface area (Å²) >= 11 is 0. The van der Waals surface area contributed by atoms with Gasteiger partial charge < -0.3 is 15.4 Å². The lowest BCUT2D eigenvalue weighted by Crippen LogP contribution is -2.29. The van der Waals surface area contributed by atoms with Gasteiger partial charge in [0.1, 0.15) is 0 Å². The minimum absolute atomic E-state index is 0.0964. The van der Waals surface area contributed by atoms with E-state index in [0.717, 1.165) is 11.3 Å². The lowest BCUT2D eigenvalue weighted by Gasteiger charge is -2.08. The molecule has 1 amide bonds. The Bertz CT molecular complexity index is 624. The largest absolute Gasteiger partial charge is 0.465 e. The van der Waals surface area contributed by atoms with E-state index in [4.69, 9.17) is 0 Å². The predicted molar refractivity (Wildman–Crippen MR) is 84.6 cm³/mol. The molecule has 0 bridgehead atoms. The van der Waals surface area contributed by atoms with E-state index >= 15 is 0 Å². The molecule has 114 valence electrons. The number of nitrogens with one attached hydrogen (secondary N) is 2. The molecule has 0 unspecified atom stereocenters. The molecular weight excluding hydrogens is 280 g/mol. The third kappa shape index (κ3) is 4.63. The highest BCUT2D eigenvalue weighted by molar-refractivity contribution is 5.89. The van der Waals surface area contributed by atoms with E-state index in [1.807, 2.05) is 30.3 Å². The Morgan fingerprint density at radius 3 is 2.32 bits per heavy atom. The van der Waals surface area contributed by atoms with Gasteiger partial charge in [-0.15, -0.1) is 0 Å². The number of carbonyl (C=O) groups excluding carboxylic acids is 2. The van der Waals surface area contributed by atoms with Gasteiger partial charge in [-0.3, -0.25) is 4.79 Å². The fourth-order valence-electron chi connectivity index (χ4n) is 1.88. The Hall–Kier alpha value is -2.82. The number of benzene rings is 2. The van der Waals surface area contributed by atoms with Crippen molar-refractivity contribution < 1.29 is 14.3 Å². The summed E-state index contributed by atoms with van der Waals surface area (Å²) in [6.07, 6.45) is 0. The molecule has 5 nitrogen and oxygen atoms in total. The molecular formula is C17H18N2O3. The average Bonchev–Trinajstić information content (AvgIpc) is 2.58. The zero-order chi connectivity index (χ0) is 15.8. The van der Waals surface area contributed by atoms with Crippen LogP contribution in [0.1, 0.15) is 15.9 Å². The normalized spacial score (nSPS) is 9.86. The first-order valence-corrected chi connectivity index (χ1v) is 6.92. The topological polar surface area (TPSA) is 67.4 Å². The van der Waals surface area contributed by atoms with Gasteiger partial charge in [-0.2, -0.15) is 0 Å². The van der Waals surface area contributed by atoms with Crippen molar-refractivity contribution in [2.45, 2.75) is 6.54 Å². The summed E-state index contributed by atoms with van der Waals surface area (Å²) in [6, 6.07) is 16.5. The van der Waals surface area contributed by atoms with Crippen LogP contribution >= 0.6 is 0 Å². The molecule has 0 atom stereocenters. The summed E-state index contributed by atoms with van der Waals surface area (Å²) in [7, 11) is 1.34. The van der Waals surface area contributed by atoms with Crippen LogP contribution in [0.25, 0.3) is 0 Å². The Kier molecular flexibility index (Phi) is 5.54. The fraction of sp³-hybridized carbons (Fsp3) is 0.176. The van der Waals surface area contributed by atoms with Gasteiger partial charge in [0.25, 0.3) is 0 Å². The second kappa shape index (κ2) is 7.83. The van der Waals surface area contributed by atoms with Crippen LogP contribution in [0.2, 0.25) is 0 Å². The van der Waals surface area contributed by atoms with E-state index in [2.05, 4.69) is 15.4 Å². The van der Waals surface area contributed by atoms with Crippen LogP contribution in [-0.4, -0.2) is 25.5 Å². The highest BCUT2D eigenvalue weighted by Gasteiger charge is 2.05. The van der Waals surface area contributed by atoms with E-state index in [1.54, 1.807) is 24.3 Å². The minimum Gasteiger partial charge on any atom is -0.465 e. The van der Waals surface area contributed by atoms with Crippen LogP contribution in [0.4, 0.5) is 5.69 Å². The number of hydrogen-bond donors (Lipinski definition) is 2. The zero-order valence-electron chi connectivity index (χ0n) is 12.3. The van der Waals surface area contributed by atoms with Crippen molar-refractivity contribution in [1.29, 1.82) is 0 Å². The lowest BCUT2D eigenvalue weighted by atomic mass is 10.2. The third-order valence-electron chi connectivity index (χ3n) is 3.09. The Morgan fingerprint density at radius 1 is 1.00 bits per heavy atom. The summed E-state index contributed by atoms with van der Waals surface area (Å²) < 4.78 is 4.62. The number of esters is 1. The number of methoxy groups -OCH3 is 1. The fourth-order valence-corrected chi connectivity index (χ4v) is 1.88. The summed E-state index contributed by atoms with van der Waals surface area (Å²) in [6.45, 7) is 0.674. The molecule has 0 aliphatic rings. The lowest BCUT2D eigenvalue weighted by molar-refractivity contribution is -0.119. The van der Waals surface area contributed by atoms with Crippen LogP contribution in [0, 0.1) is 0 Å². The van der Waals surface area contributed by atoms with Gasteiger partial charge in [-0.05, 0) is 29.8 Å². The van der Waals surface area contributed by atoms with E-state index in [-0.39, 0.29) is 18.4 Å². The highest BCUT2D eigenvalue weighted by atomic mass is 16.5. The summed E-state index contributed by atoms with van der Waals surface area (Å²) in [5.41, 5.74) is 2.29. The molecule has 0 spiro atoms. The second-order valence-electron chi connectivity index (χ2n) is 4.68. The van der Waals surface area contributed by atoms with Gasteiger partial charge in [-0.1, -0.05) is 30.3 Å². The first-order valence-electron chi connectivity index (χ1n) is 6.92. The third-order valence-corrected chi connectivity index (χ3v) is 3.09. The van der Waals surface area contributed by atoms with Crippen LogP contribution < -0.4 is 10.6 Å². The second-order valence-corrected chi connectivity index (χ2v) is 4.68. The van der Waals surface area contributed by atoms with E-state index < -0.39 is 0 Å². The molecule has 0 aromatic heterocycles. The molecule has 0 heterocycles. The standard InChI is InChI=1S/C17H18N2O3/c1-22-17(21)14-7-9-15(10-8-14)18-12-16(20)19-11-13-5-3-2-4-6-13/h2-10,18H,11-12H2,1H3,(H,19,20). The molecule has 5 heteroatoms. The van der Waals surface area contributed by atoms with Crippen LogP contribution in [0.5, 0.6) is 0 Å². The van der Waals surface area contributed by atoms with Crippen LogP contribution in [0.3, 0.4) is 0 Å². The summed E-state index contributed by atoms with van der Waals surface area (Å²) in [4.78, 5) is 23.1. The number of rotatable bonds is 6. The molecule has 0 saturated carbocycles. The van der Waals surface area contributed by atoms with E-state index in [9.17, 15) is 9.59 Å². The number of anilines is 1. The molecule has 2 rings (SSSR count). The first-order chi connectivity index (χ1) is 10.7. The van der Waals surface area contributed by atoms with Gasteiger partial charge in [0.05, 0.1) is 19.2 Å². The molecule has 2 aromatic rings. The Balaban J connectivity index is 1.77. The highest BCUT2D eigenvalue weighted by Crippen LogP contribution is 2.09. The van der Waals surface area contributed by atoms with Crippen molar-refractivity contribution in [1.82, 2.24) is 5.32 Å². The van der Waals surface area contributed by atoms with Crippen LogP contribution in [0.15, 0.2) is 54.6 Å². The molecule has 2 N–H and O–H groups in total. The monoisotopic (exact) mass is 298 g/mol.